The Hall–Kier alpha value is -2.04. The number of hydrogen-bond acceptors (Lipinski definition) is 4. The molecule has 4 nitrogen and oxygen atoms in total. The van der Waals surface area contributed by atoms with Crippen molar-refractivity contribution in [1.29, 1.82) is 0 Å². The van der Waals surface area contributed by atoms with Gasteiger partial charge in [0.25, 0.3) is 0 Å². The SMILES string of the molecule is CC(C)(C)Nc1ccc(C2C(N)C2N[C@@H]2C[C@H]2c2ccccc2NC(C)(C)C)cc1. The molecule has 2 aromatic rings. The highest BCUT2D eigenvalue weighted by molar-refractivity contribution is 5.56. The van der Waals surface area contributed by atoms with Gasteiger partial charge in [0, 0.05) is 52.4 Å². The van der Waals surface area contributed by atoms with Crippen LogP contribution in [-0.2, 0) is 0 Å². The van der Waals surface area contributed by atoms with Crippen LogP contribution in [0.25, 0.3) is 0 Å². The zero-order chi connectivity index (χ0) is 21.7. The molecule has 4 heteroatoms. The lowest BCUT2D eigenvalue weighted by Gasteiger charge is -2.24. The number of nitrogens with one attached hydrogen (secondary N) is 3. The fourth-order valence-corrected chi connectivity index (χ4v) is 4.51. The lowest BCUT2D eigenvalue weighted by molar-refractivity contribution is 0.628. The Balaban J connectivity index is 1.36. The van der Waals surface area contributed by atoms with Crippen LogP contribution < -0.4 is 21.7 Å². The van der Waals surface area contributed by atoms with Gasteiger partial charge in [-0.15, -0.1) is 0 Å². The lowest BCUT2D eigenvalue weighted by atomic mass is 10.0. The molecule has 5 N–H and O–H groups in total. The predicted octanol–water partition coefficient (Wildman–Crippen LogP) is 5.05. The smallest absolute Gasteiger partial charge is 0.0380 e. The highest BCUT2D eigenvalue weighted by Crippen LogP contribution is 2.48. The largest absolute Gasteiger partial charge is 0.380 e. The first-order chi connectivity index (χ1) is 14.0. The van der Waals surface area contributed by atoms with Crippen molar-refractivity contribution in [3.8, 4) is 0 Å². The topological polar surface area (TPSA) is 62.1 Å². The molecule has 0 aromatic heterocycles. The molecule has 0 bridgehead atoms. The van der Waals surface area contributed by atoms with Gasteiger partial charge < -0.3 is 21.7 Å². The first-order valence-corrected chi connectivity index (χ1v) is 11.3. The Labute approximate surface area is 182 Å². The molecule has 2 aromatic carbocycles. The molecule has 4 rings (SSSR count). The van der Waals surface area contributed by atoms with E-state index < -0.39 is 0 Å². The van der Waals surface area contributed by atoms with Crippen LogP contribution in [0.4, 0.5) is 11.4 Å². The molecule has 0 amide bonds. The molecular weight excluding hydrogens is 368 g/mol. The number of rotatable bonds is 6. The van der Waals surface area contributed by atoms with Gasteiger partial charge in [-0.05, 0) is 77.3 Å². The molecule has 2 aliphatic rings. The monoisotopic (exact) mass is 406 g/mol. The summed E-state index contributed by atoms with van der Waals surface area (Å²) in [7, 11) is 0. The van der Waals surface area contributed by atoms with Gasteiger partial charge in [0.1, 0.15) is 0 Å². The molecule has 0 aliphatic heterocycles. The fourth-order valence-electron chi connectivity index (χ4n) is 4.51. The molecule has 2 saturated carbocycles. The minimum Gasteiger partial charge on any atom is -0.380 e. The van der Waals surface area contributed by atoms with Gasteiger partial charge in [-0.1, -0.05) is 30.3 Å². The second-order valence-corrected chi connectivity index (χ2v) is 11.2. The third kappa shape index (κ3) is 4.98. The summed E-state index contributed by atoms with van der Waals surface area (Å²) >= 11 is 0. The molecule has 0 spiro atoms. The van der Waals surface area contributed by atoms with Crippen molar-refractivity contribution in [3.63, 3.8) is 0 Å². The molecule has 2 aliphatic carbocycles. The van der Waals surface area contributed by atoms with Gasteiger partial charge in [-0.3, -0.25) is 0 Å². The number of anilines is 2. The van der Waals surface area contributed by atoms with Crippen molar-refractivity contribution < 1.29 is 0 Å². The summed E-state index contributed by atoms with van der Waals surface area (Å²) in [6, 6.07) is 18.7. The molecule has 5 atom stereocenters. The van der Waals surface area contributed by atoms with Crippen molar-refractivity contribution >= 4 is 11.4 Å². The first-order valence-electron chi connectivity index (χ1n) is 11.3. The number of nitrogens with two attached hydrogens (primary N) is 1. The van der Waals surface area contributed by atoms with Crippen LogP contribution in [0, 0.1) is 0 Å². The Bertz CT molecular complexity index is 875. The van der Waals surface area contributed by atoms with E-state index in [0.717, 1.165) is 5.69 Å². The Morgan fingerprint density at radius 1 is 0.833 bits per heavy atom. The Morgan fingerprint density at radius 2 is 1.47 bits per heavy atom. The van der Waals surface area contributed by atoms with Gasteiger partial charge >= 0.3 is 0 Å². The van der Waals surface area contributed by atoms with Crippen LogP contribution in [0.3, 0.4) is 0 Å². The van der Waals surface area contributed by atoms with Crippen LogP contribution in [0.5, 0.6) is 0 Å². The van der Waals surface area contributed by atoms with E-state index in [0.29, 0.717) is 23.9 Å². The van der Waals surface area contributed by atoms with Gasteiger partial charge in [0.2, 0.25) is 0 Å². The van der Waals surface area contributed by atoms with Crippen molar-refractivity contribution in [3.05, 3.63) is 59.7 Å². The summed E-state index contributed by atoms with van der Waals surface area (Å²) in [6.45, 7) is 13.2. The zero-order valence-corrected chi connectivity index (χ0v) is 19.3. The van der Waals surface area contributed by atoms with E-state index in [1.807, 2.05) is 0 Å². The number of benzene rings is 2. The molecule has 3 unspecified atom stereocenters. The number of hydrogen-bond donors (Lipinski definition) is 4. The van der Waals surface area contributed by atoms with Crippen LogP contribution in [0.2, 0.25) is 0 Å². The molecule has 2 fully saturated rings. The minimum absolute atomic E-state index is 0.0614. The van der Waals surface area contributed by atoms with Crippen LogP contribution in [-0.4, -0.2) is 29.2 Å². The van der Waals surface area contributed by atoms with E-state index in [1.54, 1.807) is 0 Å². The predicted molar refractivity (Wildman–Crippen MR) is 128 cm³/mol. The van der Waals surface area contributed by atoms with Crippen molar-refractivity contribution in [2.45, 2.75) is 89.0 Å². The average molecular weight is 407 g/mol. The third-order valence-electron chi connectivity index (χ3n) is 5.96. The summed E-state index contributed by atoms with van der Waals surface area (Å²) in [5.74, 6) is 0.987. The molecule has 0 saturated heterocycles. The summed E-state index contributed by atoms with van der Waals surface area (Å²) in [4.78, 5) is 0. The summed E-state index contributed by atoms with van der Waals surface area (Å²) in [5.41, 5.74) is 11.8. The quantitative estimate of drug-likeness (QED) is 0.542. The maximum absolute atomic E-state index is 6.47. The third-order valence-corrected chi connectivity index (χ3v) is 5.96. The first kappa shape index (κ1) is 21.2. The molecule has 0 radical (unpaired) electrons. The van der Waals surface area contributed by atoms with Gasteiger partial charge in [0.05, 0.1) is 0 Å². The Morgan fingerprint density at radius 3 is 2.10 bits per heavy atom. The summed E-state index contributed by atoms with van der Waals surface area (Å²) in [6.07, 6.45) is 1.19. The van der Waals surface area contributed by atoms with Crippen LogP contribution in [0.15, 0.2) is 48.5 Å². The normalized spacial score (nSPS) is 28.2. The van der Waals surface area contributed by atoms with Crippen LogP contribution >= 0.6 is 0 Å². The highest BCUT2D eigenvalue weighted by atomic mass is 15.1. The lowest BCUT2D eigenvalue weighted by Crippen LogP contribution is -2.28. The molecule has 30 heavy (non-hydrogen) atoms. The Kier molecular flexibility index (Phi) is 5.36. The van der Waals surface area contributed by atoms with E-state index in [4.69, 9.17) is 5.73 Å². The standard InChI is InChI=1S/C26H38N4/c1-25(2,3)29-17-13-11-16(12-14-17)22-23(27)24(22)28-21-15-19(21)18-9-7-8-10-20(18)30-26(4,5)6/h7-14,19,21-24,28-30H,15,27H2,1-6H3/t19-,21+,22?,23?,24?/m0/s1. The maximum Gasteiger partial charge on any atom is 0.0380 e. The van der Waals surface area contributed by atoms with Gasteiger partial charge in [-0.2, -0.15) is 0 Å². The van der Waals surface area contributed by atoms with E-state index >= 15 is 0 Å². The van der Waals surface area contributed by atoms with Crippen molar-refractivity contribution in [1.82, 2.24) is 5.32 Å². The van der Waals surface area contributed by atoms with E-state index in [9.17, 15) is 0 Å². The summed E-state index contributed by atoms with van der Waals surface area (Å²) < 4.78 is 0. The van der Waals surface area contributed by atoms with Gasteiger partial charge in [0.15, 0.2) is 0 Å². The molecule has 0 heterocycles. The van der Waals surface area contributed by atoms with Gasteiger partial charge in [-0.25, -0.2) is 0 Å². The van der Waals surface area contributed by atoms with Crippen molar-refractivity contribution in [2.75, 3.05) is 10.6 Å². The van der Waals surface area contributed by atoms with E-state index in [1.165, 1.54) is 23.2 Å². The van der Waals surface area contributed by atoms with Crippen LogP contribution in [0.1, 0.15) is 70.9 Å². The average Bonchev–Trinajstić information content (AvgIpc) is 3.52. The minimum atomic E-state index is 0.0614. The second-order valence-electron chi connectivity index (χ2n) is 11.2. The van der Waals surface area contributed by atoms with E-state index in [-0.39, 0.29) is 17.1 Å². The molecular formula is C26H38N4. The number of para-hydroxylation sites is 1. The second kappa shape index (κ2) is 7.58. The fraction of sp³-hybridized carbons (Fsp3) is 0.538. The summed E-state index contributed by atoms with van der Waals surface area (Å²) in [5, 5.41) is 11.0. The van der Waals surface area contributed by atoms with Crippen molar-refractivity contribution in [2.24, 2.45) is 5.73 Å². The highest BCUT2D eigenvalue weighted by Gasteiger charge is 2.52. The maximum atomic E-state index is 6.47. The van der Waals surface area contributed by atoms with E-state index in [2.05, 4.69) is 106 Å². The zero-order valence-electron chi connectivity index (χ0n) is 19.3. The molecule has 162 valence electrons.